The molecule has 0 bridgehead atoms. The summed E-state index contributed by atoms with van der Waals surface area (Å²) in [4.78, 5) is 80.5. The Morgan fingerprint density at radius 3 is 2.04 bits per heavy atom. The molecule has 0 spiro atoms. The van der Waals surface area contributed by atoms with Crippen molar-refractivity contribution in [3.05, 3.63) is 104 Å². The lowest BCUT2D eigenvalue weighted by Gasteiger charge is -2.31. The number of thioether (sulfide) groups is 1. The molecule has 3 aromatic carbocycles. The molecule has 0 saturated carbocycles. The van der Waals surface area contributed by atoms with Gasteiger partial charge in [0, 0.05) is 22.0 Å². The number of ether oxygens (including phenoxy) is 3. The quantitative estimate of drug-likeness (QED) is 0.182. The number of hydrogen-bond donors (Lipinski definition) is 1. The number of imide groups is 1. The van der Waals surface area contributed by atoms with Gasteiger partial charge in [0.25, 0.3) is 0 Å². The third-order valence-corrected chi connectivity index (χ3v) is 10.7. The van der Waals surface area contributed by atoms with Crippen molar-refractivity contribution in [2.45, 2.75) is 36.6 Å². The molecule has 1 fully saturated rings. The van der Waals surface area contributed by atoms with E-state index in [-0.39, 0.29) is 25.3 Å². The van der Waals surface area contributed by atoms with E-state index in [0.29, 0.717) is 38.2 Å². The van der Waals surface area contributed by atoms with E-state index in [1.54, 1.807) is 50.2 Å². The Bertz CT molecular complexity index is 2000. The topological polar surface area (TPSA) is 150 Å². The second-order valence-corrected chi connectivity index (χ2v) is 13.2. The van der Waals surface area contributed by atoms with Gasteiger partial charge in [-0.1, -0.05) is 41.3 Å². The van der Waals surface area contributed by atoms with Crippen molar-refractivity contribution in [1.82, 2.24) is 4.57 Å². The molecule has 0 aliphatic carbocycles. The van der Waals surface area contributed by atoms with Crippen LogP contribution in [0.1, 0.15) is 50.9 Å². The molecule has 1 aromatic heterocycles. The van der Waals surface area contributed by atoms with Gasteiger partial charge >= 0.3 is 16.8 Å². The molecule has 3 amide bonds. The van der Waals surface area contributed by atoms with Crippen LogP contribution in [0.2, 0.25) is 0 Å². The molecule has 14 heteroatoms. The summed E-state index contributed by atoms with van der Waals surface area (Å²) in [5, 5.41) is 2.25. The number of nitrogens with one attached hydrogen (secondary N) is 1. The maximum absolute atomic E-state index is 14.2. The highest BCUT2D eigenvalue weighted by Gasteiger charge is 2.57. The van der Waals surface area contributed by atoms with Crippen LogP contribution < -0.4 is 19.8 Å². The highest BCUT2D eigenvalue weighted by atomic mass is 32.2. The largest absolute Gasteiger partial charge is 0.496 e. The van der Waals surface area contributed by atoms with Crippen molar-refractivity contribution in [2.24, 2.45) is 5.92 Å². The molecule has 2 aliphatic rings. The van der Waals surface area contributed by atoms with Crippen molar-refractivity contribution in [3.8, 4) is 5.75 Å². The van der Waals surface area contributed by atoms with Gasteiger partial charge in [0.05, 0.1) is 48.1 Å². The zero-order valence-electron chi connectivity index (χ0n) is 26.7. The fraction of sp³-hybridized carbons (Fsp3) is 0.257. The number of thiazole rings is 1. The van der Waals surface area contributed by atoms with Gasteiger partial charge in [0.15, 0.2) is 0 Å². The van der Waals surface area contributed by atoms with Gasteiger partial charge in [-0.05, 0) is 68.4 Å². The summed E-state index contributed by atoms with van der Waals surface area (Å²) < 4.78 is 17.0. The second-order valence-electron chi connectivity index (χ2n) is 11.0. The van der Waals surface area contributed by atoms with Crippen molar-refractivity contribution in [3.63, 3.8) is 0 Å². The second kappa shape index (κ2) is 14.1. The number of benzene rings is 3. The van der Waals surface area contributed by atoms with E-state index in [4.69, 9.17) is 14.2 Å². The molecule has 0 unspecified atom stereocenters. The Balaban J connectivity index is 1.34. The molecule has 4 aromatic rings. The summed E-state index contributed by atoms with van der Waals surface area (Å²) in [7, 11) is 1.51. The van der Waals surface area contributed by atoms with E-state index < -0.39 is 51.6 Å². The van der Waals surface area contributed by atoms with E-state index in [0.717, 1.165) is 28.0 Å². The Kier molecular flexibility index (Phi) is 9.69. The third kappa shape index (κ3) is 6.36. The van der Waals surface area contributed by atoms with Gasteiger partial charge in [-0.2, -0.15) is 0 Å². The average Bonchev–Trinajstić information content (AvgIpc) is 3.54. The number of carbonyl (C=O) groups is 5. The van der Waals surface area contributed by atoms with Crippen LogP contribution in [0, 0.1) is 5.92 Å². The molecule has 2 aliphatic heterocycles. The smallest absolute Gasteiger partial charge is 0.338 e. The number of methoxy groups -OCH3 is 1. The van der Waals surface area contributed by atoms with Gasteiger partial charge < -0.3 is 19.5 Å². The fourth-order valence-electron chi connectivity index (χ4n) is 5.98. The predicted molar refractivity (Wildman–Crippen MR) is 182 cm³/mol. The summed E-state index contributed by atoms with van der Waals surface area (Å²) >= 11 is 2.01. The van der Waals surface area contributed by atoms with Crippen molar-refractivity contribution in [2.75, 3.05) is 30.5 Å². The van der Waals surface area contributed by atoms with Crippen molar-refractivity contribution < 1.29 is 38.2 Å². The molecule has 3 heterocycles. The SMILES string of the molecule is CCOC(=O)c1ccc(NC(=O)Cn2c3c(sc2=O)[C@@H](c2ccccc2OC)[C@@H]2C(=O)N(c4ccc(C(=O)OCC)cc4)C(=O)[C@@H]2S3)cc1. The van der Waals surface area contributed by atoms with Crippen LogP contribution in [0.15, 0.2) is 82.6 Å². The zero-order valence-corrected chi connectivity index (χ0v) is 28.3. The lowest BCUT2D eigenvalue weighted by molar-refractivity contribution is -0.122. The monoisotopic (exact) mass is 701 g/mol. The summed E-state index contributed by atoms with van der Waals surface area (Å²) in [6, 6.07) is 19.3. The Labute approximate surface area is 289 Å². The first-order valence-electron chi connectivity index (χ1n) is 15.4. The number of rotatable bonds is 10. The summed E-state index contributed by atoms with van der Waals surface area (Å²) in [5.74, 6) is -3.56. The fourth-order valence-corrected chi connectivity index (χ4v) is 8.74. The van der Waals surface area contributed by atoms with Gasteiger partial charge in [-0.15, -0.1) is 0 Å². The first-order valence-corrected chi connectivity index (χ1v) is 17.1. The first-order chi connectivity index (χ1) is 23.7. The maximum Gasteiger partial charge on any atom is 0.338 e. The van der Waals surface area contributed by atoms with Gasteiger partial charge in [0.1, 0.15) is 17.5 Å². The number of nitrogens with zero attached hydrogens (tertiary/aromatic N) is 2. The van der Waals surface area contributed by atoms with E-state index in [9.17, 15) is 28.8 Å². The number of esters is 2. The van der Waals surface area contributed by atoms with Crippen LogP contribution in [-0.2, 0) is 30.4 Å². The number of aromatic nitrogens is 1. The Morgan fingerprint density at radius 2 is 1.43 bits per heavy atom. The minimum atomic E-state index is -0.918. The van der Waals surface area contributed by atoms with Crippen LogP contribution in [0.5, 0.6) is 5.75 Å². The van der Waals surface area contributed by atoms with E-state index in [2.05, 4.69) is 5.32 Å². The number of carbonyl (C=O) groups excluding carboxylic acids is 5. The molecular formula is C35H31N3O9S2. The van der Waals surface area contributed by atoms with Gasteiger partial charge in [-0.3, -0.25) is 23.7 Å². The molecule has 0 radical (unpaired) electrons. The minimum absolute atomic E-state index is 0.204. The molecule has 1 saturated heterocycles. The van der Waals surface area contributed by atoms with E-state index in [1.165, 1.54) is 48.1 Å². The number of anilines is 2. The lowest BCUT2D eigenvalue weighted by Crippen LogP contribution is -2.33. The summed E-state index contributed by atoms with van der Waals surface area (Å²) in [6.45, 7) is 3.49. The molecule has 3 atom stereocenters. The average molecular weight is 702 g/mol. The number of fused-ring (bicyclic) bond motifs is 2. The zero-order chi connectivity index (χ0) is 34.8. The normalized spacial score (nSPS) is 18.0. The minimum Gasteiger partial charge on any atom is -0.496 e. The number of hydrogen-bond acceptors (Lipinski definition) is 11. The van der Waals surface area contributed by atoms with E-state index >= 15 is 0 Å². The maximum atomic E-state index is 14.2. The molecule has 252 valence electrons. The lowest BCUT2D eigenvalue weighted by atomic mass is 9.82. The van der Waals surface area contributed by atoms with Crippen LogP contribution in [0.25, 0.3) is 0 Å². The molecule has 1 N–H and O–H groups in total. The van der Waals surface area contributed by atoms with Crippen LogP contribution in [0.4, 0.5) is 11.4 Å². The molecular weight excluding hydrogens is 671 g/mol. The van der Waals surface area contributed by atoms with Crippen molar-refractivity contribution in [1.29, 1.82) is 0 Å². The molecule has 49 heavy (non-hydrogen) atoms. The summed E-state index contributed by atoms with van der Waals surface area (Å²) in [6.07, 6.45) is 0. The highest BCUT2D eigenvalue weighted by Crippen LogP contribution is 2.55. The van der Waals surface area contributed by atoms with Gasteiger partial charge in [-0.25, -0.2) is 14.5 Å². The number of para-hydroxylation sites is 1. The highest BCUT2D eigenvalue weighted by molar-refractivity contribution is 8.00. The molecule has 12 nitrogen and oxygen atoms in total. The van der Waals surface area contributed by atoms with Crippen LogP contribution in [0.3, 0.4) is 0 Å². The van der Waals surface area contributed by atoms with Crippen LogP contribution in [-0.4, -0.2) is 59.8 Å². The third-order valence-electron chi connectivity index (χ3n) is 8.14. The van der Waals surface area contributed by atoms with Crippen molar-refractivity contribution >= 4 is 64.1 Å². The standard InChI is InChI=1S/C35H31N3O9S2/c1-4-46-33(42)19-10-14-21(15-11-19)36-25(39)18-37-32-29(49-35(37)44)26(23-8-6-7-9-24(23)45-3)27-28(48-32)31(41)38(30(27)40)22-16-12-20(13-17-22)34(43)47-5-2/h6-17,26-28H,4-5,18H2,1-3H3,(H,36,39)/t26-,27-,28+/m0/s1. The molecule has 6 rings (SSSR count). The Morgan fingerprint density at radius 1 is 0.816 bits per heavy atom. The predicted octanol–water partition coefficient (Wildman–Crippen LogP) is 4.71. The van der Waals surface area contributed by atoms with Crippen LogP contribution >= 0.6 is 23.1 Å². The summed E-state index contributed by atoms with van der Waals surface area (Å²) in [5.41, 5.74) is 1.95. The number of amides is 3. The van der Waals surface area contributed by atoms with Gasteiger partial charge in [0.2, 0.25) is 17.7 Å². The first kappa shape index (κ1) is 33.7. The Hall–Kier alpha value is -5.21. The van der Waals surface area contributed by atoms with E-state index in [1.807, 2.05) is 0 Å².